The van der Waals surface area contributed by atoms with E-state index in [-0.39, 0.29) is 22.7 Å². The maximum Gasteiger partial charge on any atom is 0.258 e. The number of nitrogens with two attached hydrogens (primary N) is 1. The van der Waals surface area contributed by atoms with Gasteiger partial charge in [0, 0.05) is 11.1 Å². The van der Waals surface area contributed by atoms with Crippen molar-refractivity contribution in [2.24, 2.45) is 5.73 Å². The van der Waals surface area contributed by atoms with Gasteiger partial charge in [0.2, 0.25) is 5.88 Å². The molecule has 0 bridgehead atoms. The van der Waals surface area contributed by atoms with Gasteiger partial charge in [0.15, 0.2) is 11.5 Å². The van der Waals surface area contributed by atoms with Gasteiger partial charge in [0.25, 0.3) is 11.8 Å². The van der Waals surface area contributed by atoms with Crippen molar-refractivity contribution in [3.8, 4) is 28.4 Å². The molecule has 174 valence electrons. The van der Waals surface area contributed by atoms with Crippen molar-refractivity contribution in [1.29, 1.82) is 0 Å². The molecule has 0 aliphatic rings. The number of nitrogens with one attached hydrogen (secondary N) is 1. The highest BCUT2D eigenvalue weighted by Crippen LogP contribution is 2.34. The highest BCUT2D eigenvalue weighted by atomic mass is 16.5. The van der Waals surface area contributed by atoms with Crippen molar-refractivity contribution in [1.82, 2.24) is 14.9 Å². The molecular formula is C24H23N5O5. The normalized spacial score (nSPS) is 10.7. The number of methoxy groups -OCH3 is 2. The molecule has 3 N–H and O–H groups in total. The minimum atomic E-state index is -0.801. The number of carbonyl (C=O) groups is 2. The monoisotopic (exact) mass is 461 g/mol. The van der Waals surface area contributed by atoms with Crippen LogP contribution in [0.5, 0.6) is 11.5 Å². The Bertz CT molecular complexity index is 1370. The second-order valence-electron chi connectivity index (χ2n) is 7.42. The molecule has 0 aliphatic heterocycles. The van der Waals surface area contributed by atoms with E-state index >= 15 is 0 Å². The molecule has 2 heterocycles. The summed E-state index contributed by atoms with van der Waals surface area (Å²) < 4.78 is 17.5. The molecule has 0 atom stereocenters. The SMILES string of the molecule is COc1ccc(C(=O)Nc2onc(-c3c(C)nn(-c4ccccc4)c3C)c2C(N)=O)cc1OC. The number of aromatic nitrogens is 3. The van der Waals surface area contributed by atoms with Gasteiger partial charge in [-0.15, -0.1) is 0 Å². The summed E-state index contributed by atoms with van der Waals surface area (Å²) >= 11 is 0. The summed E-state index contributed by atoms with van der Waals surface area (Å²) in [4.78, 5) is 25.2. The maximum atomic E-state index is 12.9. The standard InChI is InChI=1S/C24H23N5O5/c1-13-19(14(2)29(27-13)16-8-6-5-7-9-16)21-20(22(25)30)24(34-28-21)26-23(31)15-10-11-17(32-3)18(12-15)33-4/h5-12H,1-4H3,(H2,25,30)(H,26,31). The summed E-state index contributed by atoms with van der Waals surface area (Å²) in [7, 11) is 2.96. The molecule has 0 saturated carbocycles. The average Bonchev–Trinajstić information content (AvgIpc) is 3.38. The summed E-state index contributed by atoms with van der Waals surface area (Å²) in [6, 6.07) is 14.2. The minimum absolute atomic E-state index is 0.0485. The fourth-order valence-electron chi connectivity index (χ4n) is 3.73. The maximum absolute atomic E-state index is 12.9. The first-order chi connectivity index (χ1) is 16.3. The van der Waals surface area contributed by atoms with Crippen molar-refractivity contribution in [2.45, 2.75) is 13.8 Å². The van der Waals surface area contributed by atoms with Crippen LogP contribution in [0.25, 0.3) is 16.9 Å². The zero-order valence-corrected chi connectivity index (χ0v) is 19.1. The zero-order valence-electron chi connectivity index (χ0n) is 19.1. The van der Waals surface area contributed by atoms with Crippen LogP contribution in [-0.4, -0.2) is 41.0 Å². The van der Waals surface area contributed by atoms with Crippen LogP contribution in [0.1, 0.15) is 32.1 Å². The Hall–Kier alpha value is -4.60. The third-order valence-electron chi connectivity index (χ3n) is 5.34. The van der Waals surface area contributed by atoms with E-state index in [0.29, 0.717) is 22.8 Å². The number of ether oxygens (including phenoxy) is 2. The fraction of sp³-hybridized carbons (Fsp3) is 0.167. The lowest BCUT2D eigenvalue weighted by Gasteiger charge is -2.09. The Morgan fingerprint density at radius 3 is 2.38 bits per heavy atom. The summed E-state index contributed by atoms with van der Waals surface area (Å²) in [6.45, 7) is 3.65. The number of carbonyl (C=O) groups excluding carboxylic acids is 2. The molecule has 10 nitrogen and oxygen atoms in total. The highest BCUT2D eigenvalue weighted by Gasteiger charge is 2.28. The van der Waals surface area contributed by atoms with E-state index in [1.807, 2.05) is 37.3 Å². The lowest BCUT2D eigenvalue weighted by molar-refractivity contribution is 0.100. The molecule has 2 aromatic heterocycles. The number of hydrogen-bond acceptors (Lipinski definition) is 7. The number of amides is 2. The molecule has 34 heavy (non-hydrogen) atoms. The second-order valence-corrected chi connectivity index (χ2v) is 7.42. The Labute approximate surface area is 195 Å². The number of para-hydroxylation sites is 1. The Morgan fingerprint density at radius 1 is 1.03 bits per heavy atom. The van der Waals surface area contributed by atoms with Gasteiger partial charge < -0.3 is 19.7 Å². The van der Waals surface area contributed by atoms with Crippen molar-refractivity contribution in [3.63, 3.8) is 0 Å². The third-order valence-corrected chi connectivity index (χ3v) is 5.34. The van der Waals surface area contributed by atoms with Crippen LogP contribution >= 0.6 is 0 Å². The molecule has 2 aromatic carbocycles. The van der Waals surface area contributed by atoms with Crippen LogP contribution in [0.15, 0.2) is 53.1 Å². The molecule has 2 amide bonds. The lowest BCUT2D eigenvalue weighted by atomic mass is 10.0. The molecule has 0 radical (unpaired) electrons. The van der Waals surface area contributed by atoms with Crippen molar-refractivity contribution in [3.05, 3.63) is 71.0 Å². The number of anilines is 1. The van der Waals surface area contributed by atoms with Gasteiger partial charge in [-0.1, -0.05) is 23.4 Å². The molecule has 0 fully saturated rings. The molecule has 0 unspecified atom stereocenters. The molecular weight excluding hydrogens is 438 g/mol. The van der Waals surface area contributed by atoms with E-state index in [0.717, 1.165) is 11.4 Å². The van der Waals surface area contributed by atoms with Crippen LogP contribution in [-0.2, 0) is 0 Å². The predicted molar refractivity (Wildman–Crippen MR) is 125 cm³/mol. The summed E-state index contributed by atoms with van der Waals surface area (Å²) in [5, 5.41) is 11.2. The van der Waals surface area contributed by atoms with Crippen molar-refractivity contribution < 1.29 is 23.6 Å². The van der Waals surface area contributed by atoms with Gasteiger partial charge in [0.1, 0.15) is 11.3 Å². The van der Waals surface area contributed by atoms with Crippen LogP contribution in [0, 0.1) is 13.8 Å². The van der Waals surface area contributed by atoms with Crippen LogP contribution < -0.4 is 20.5 Å². The Morgan fingerprint density at radius 2 is 1.74 bits per heavy atom. The highest BCUT2D eigenvalue weighted by molar-refractivity contribution is 6.10. The van der Waals surface area contributed by atoms with Gasteiger partial charge in [-0.25, -0.2) is 4.68 Å². The number of rotatable bonds is 7. The van der Waals surface area contributed by atoms with Gasteiger partial charge in [0.05, 0.1) is 31.3 Å². The minimum Gasteiger partial charge on any atom is -0.493 e. The Kier molecular flexibility index (Phi) is 6.05. The summed E-state index contributed by atoms with van der Waals surface area (Å²) in [5.74, 6) is -0.651. The summed E-state index contributed by atoms with van der Waals surface area (Å²) in [6.07, 6.45) is 0. The van der Waals surface area contributed by atoms with Crippen LogP contribution in [0.2, 0.25) is 0 Å². The smallest absolute Gasteiger partial charge is 0.258 e. The molecule has 0 aliphatic carbocycles. The second kappa shape index (κ2) is 9.10. The molecule has 0 spiro atoms. The van der Waals surface area contributed by atoms with Gasteiger partial charge in [-0.2, -0.15) is 5.10 Å². The predicted octanol–water partition coefficient (Wildman–Crippen LogP) is 3.51. The fourth-order valence-corrected chi connectivity index (χ4v) is 3.73. The van der Waals surface area contributed by atoms with E-state index in [9.17, 15) is 9.59 Å². The first kappa shape index (κ1) is 22.6. The van der Waals surface area contributed by atoms with E-state index in [1.54, 1.807) is 23.7 Å². The van der Waals surface area contributed by atoms with Gasteiger partial charge in [-0.05, 0) is 44.2 Å². The van der Waals surface area contributed by atoms with E-state index in [4.69, 9.17) is 19.7 Å². The van der Waals surface area contributed by atoms with Crippen molar-refractivity contribution in [2.75, 3.05) is 19.5 Å². The average molecular weight is 461 g/mol. The molecule has 4 aromatic rings. The number of nitrogens with zero attached hydrogens (tertiary/aromatic N) is 3. The molecule has 0 saturated heterocycles. The van der Waals surface area contributed by atoms with Gasteiger partial charge in [-0.3, -0.25) is 14.9 Å². The van der Waals surface area contributed by atoms with E-state index in [1.165, 1.54) is 20.3 Å². The van der Waals surface area contributed by atoms with Crippen LogP contribution in [0.4, 0.5) is 5.88 Å². The first-order valence-electron chi connectivity index (χ1n) is 10.3. The topological polar surface area (TPSA) is 134 Å². The first-order valence-corrected chi connectivity index (χ1v) is 10.3. The van der Waals surface area contributed by atoms with E-state index < -0.39 is 11.8 Å². The van der Waals surface area contributed by atoms with Crippen molar-refractivity contribution >= 4 is 17.7 Å². The van der Waals surface area contributed by atoms with Crippen LogP contribution in [0.3, 0.4) is 0 Å². The number of hydrogen-bond donors (Lipinski definition) is 2. The number of aryl methyl sites for hydroxylation is 1. The molecule has 10 heteroatoms. The number of primary amides is 1. The zero-order chi connectivity index (χ0) is 24.4. The molecule has 4 rings (SSSR count). The third kappa shape index (κ3) is 3.96. The Balaban J connectivity index is 1.72. The number of benzene rings is 2. The summed E-state index contributed by atoms with van der Waals surface area (Å²) in [5.41, 5.74) is 8.86. The quantitative estimate of drug-likeness (QED) is 0.430. The largest absolute Gasteiger partial charge is 0.493 e. The van der Waals surface area contributed by atoms with E-state index in [2.05, 4.69) is 15.6 Å². The van der Waals surface area contributed by atoms with Gasteiger partial charge >= 0.3 is 0 Å². The lowest BCUT2D eigenvalue weighted by Crippen LogP contribution is -2.18.